The maximum absolute atomic E-state index is 12.2. The van der Waals surface area contributed by atoms with Gasteiger partial charge in [0.1, 0.15) is 0 Å². The molecule has 1 aliphatic heterocycles. The first kappa shape index (κ1) is 15.9. The Morgan fingerprint density at radius 2 is 2.10 bits per heavy atom. The summed E-state index contributed by atoms with van der Waals surface area (Å²) in [7, 11) is -3.44. The second kappa shape index (κ2) is 6.55. The Kier molecular flexibility index (Phi) is 4.97. The lowest BCUT2D eigenvalue weighted by Gasteiger charge is -2.15. The molecular weight excluding hydrogens is 292 g/mol. The van der Waals surface area contributed by atoms with E-state index < -0.39 is 21.8 Å². The summed E-state index contributed by atoms with van der Waals surface area (Å²) >= 11 is 0. The Balaban J connectivity index is 2.13. The number of hydrogen-bond donors (Lipinski definition) is 3. The van der Waals surface area contributed by atoms with Crippen LogP contribution in [-0.2, 0) is 9.84 Å². The summed E-state index contributed by atoms with van der Waals surface area (Å²) < 4.78 is 24.0. The monoisotopic (exact) mass is 312 g/mol. The smallest absolute Gasteiger partial charge is 0.252 e. The van der Waals surface area contributed by atoms with Crippen LogP contribution in [0.4, 0.5) is 0 Å². The minimum Gasteiger partial charge on any atom is -0.391 e. The molecule has 7 heteroatoms. The molecule has 1 aromatic carbocycles. The third-order valence-electron chi connectivity index (χ3n) is 3.68. The highest BCUT2D eigenvalue weighted by atomic mass is 32.2. The molecule has 0 bridgehead atoms. The van der Waals surface area contributed by atoms with Crippen molar-refractivity contribution in [2.24, 2.45) is 5.92 Å². The summed E-state index contributed by atoms with van der Waals surface area (Å²) in [5, 5.41) is 15.4. The van der Waals surface area contributed by atoms with Crippen LogP contribution in [-0.4, -0.2) is 50.9 Å². The molecule has 3 N–H and O–H groups in total. The molecule has 116 valence electrons. The van der Waals surface area contributed by atoms with Crippen LogP contribution in [0.25, 0.3) is 0 Å². The number of sulfone groups is 1. The van der Waals surface area contributed by atoms with E-state index in [-0.39, 0.29) is 22.1 Å². The molecule has 1 saturated heterocycles. The van der Waals surface area contributed by atoms with Crippen molar-refractivity contribution in [2.75, 3.05) is 25.4 Å². The molecule has 1 aliphatic rings. The van der Waals surface area contributed by atoms with Crippen LogP contribution in [0.2, 0.25) is 0 Å². The minimum absolute atomic E-state index is 0.0510. The Bertz CT molecular complexity index is 615. The zero-order valence-electron chi connectivity index (χ0n) is 11.9. The lowest BCUT2D eigenvalue weighted by molar-refractivity contribution is 0.0924. The summed E-state index contributed by atoms with van der Waals surface area (Å²) in [6, 6.07) is 6.18. The number of benzene rings is 1. The molecule has 2 rings (SSSR count). The van der Waals surface area contributed by atoms with Crippen LogP contribution in [0.5, 0.6) is 0 Å². The van der Waals surface area contributed by atoms with Crippen LogP contribution in [0, 0.1) is 5.92 Å². The third kappa shape index (κ3) is 3.61. The van der Waals surface area contributed by atoms with E-state index in [9.17, 15) is 18.3 Å². The van der Waals surface area contributed by atoms with Gasteiger partial charge in [0.25, 0.3) is 5.91 Å². The summed E-state index contributed by atoms with van der Waals surface area (Å²) in [5.41, 5.74) is 0.153. The number of β-amino-alcohol motifs (C(OH)–C–C–N with tert-alkyl or cyclic N) is 1. The molecule has 0 saturated carbocycles. The molecule has 2 unspecified atom stereocenters. The number of hydrogen-bond acceptors (Lipinski definition) is 5. The molecule has 1 heterocycles. The fraction of sp³-hybridized carbons (Fsp3) is 0.500. The van der Waals surface area contributed by atoms with E-state index in [1.165, 1.54) is 12.1 Å². The van der Waals surface area contributed by atoms with Gasteiger partial charge in [0, 0.05) is 25.6 Å². The molecule has 2 atom stereocenters. The summed E-state index contributed by atoms with van der Waals surface area (Å²) in [6.45, 7) is 3.01. The minimum atomic E-state index is -3.44. The van der Waals surface area contributed by atoms with Crippen molar-refractivity contribution >= 4 is 15.7 Å². The predicted molar refractivity (Wildman–Crippen MR) is 78.9 cm³/mol. The van der Waals surface area contributed by atoms with Crippen molar-refractivity contribution < 1.29 is 18.3 Å². The number of carbonyl (C=O) groups is 1. The van der Waals surface area contributed by atoms with Crippen LogP contribution in [0.1, 0.15) is 17.3 Å². The molecule has 1 fully saturated rings. The van der Waals surface area contributed by atoms with Gasteiger partial charge >= 0.3 is 0 Å². The van der Waals surface area contributed by atoms with E-state index in [4.69, 9.17) is 0 Å². The normalized spacial score (nSPS) is 22.2. The average Bonchev–Trinajstić information content (AvgIpc) is 2.90. The van der Waals surface area contributed by atoms with E-state index in [1.807, 2.05) is 0 Å². The average molecular weight is 312 g/mol. The topological polar surface area (TPSA) is 95.5 Å². The van der Waals surface area contributed by atoms with Crippen LogP contribution >= 0.6 is 0 Å². The number of carbonyl (C=O) groups excluding carboxylic acids is 1. The van der Waals surface area contributed by atoms with E-state index in [1.54, 1.807) is 19.1 Å². The standard InChI is InChI=1S/C14H20N2O4S/c1-2-21(19,20)13-6-4-3-5-11(13)14(18)16-8-10-7-15-9-12(10)17/h3-6,10,12,15,17H,2,7-9H2,1H3,(H,16,18). The summed E-state index contributed by atoms with van der Waals surface area (Å²) in [4.78, 5) is 12.3. The zero-order chi connectivity index (χ0) is 15.5. The summed E-state index contributed by atoms with van der Waals surface area (Å²) in [5.74, 6) is -0.534. The lowest BCUT2D eigenvalue weighted by Crippen LogP contribution is -2.35. The second-order valence-corrected chi connectivity index (χ2v) is 7.34. The van der Waals surface area contributed by atoms with Crippen molar-refractivity contribution in [2.45, 2.75) is 17.9 Å². The number of amides is 1. The Hall–Kier alpha value is -1.44. The highest BCUT2D eigenvalue weighted by Crippen LogP contribution is 2.17. The first-order valence-electron chi connectivity index (χ1n) is 6.94. The Labute approximate surface area is 124 Å². The van der Waals surface area contributed by atoms with Gasteiger partial charge in [-0.05, 0) is 12.1 Å². The molecule has 0 aromatic heterocycles. The van der Waals surface area contributed by atoms with Gasteiger partial charge in [0.2, 0.25) is 0 Å². The summed E-state index contributed by atoms with van der Waals surface area (Å²) in [6.07, 6.45) is -0.486. The van der Waals surface area contributed by atoms with E-state index in [0.717, 1.165) is 0 Å². The fourth-order valence-corrected chi connectivity index (χ4v) is 3.42. The maximum Gasteiger partial charge on any atom is 0.252 e. The molecule has 0 aliphatic carbocycles. The number of aliphatic hydroxyl groups is 1. The van der Waals surface area contributed by atoms with Crippen molar-refractivity contribution in [1.82, 2.24) is 10.6 Å². The van der Waals surface area contributed by atoms with Gasteiger partial charge < -0.3 is 15.7 Å². The Morgan fingerprint density at radius 3 is 2.71 bits per heavy atom. The number of rotatable bonds is 5. The maximum atomic E-state index is 12.2. The molecule has 21 heavy (non-hydrogen) atoms. The van der Waals surface area contributed by atoms with Crippen LogP contribution in [0.3, 0.4) is 0 Å². The first-order valence-corrected chi connectivity index (χ1v) is 8.59. The van der Waals surface area contributed by atoms with E-state index >= 15 is 0 Å². The van der Waals surface area contributed by atoms with Gasteiger partial charge in [-0.15, -0.1) is 0 Å². The Morgan fingerprint density at radius 1 is 1.38 bits per heavy atom. The molecule has 1 aromatic rings. The van der Waals surface area contributed by atoms with Crippen molar-refractivity contribution in [3.63, 3.8) is 0 Å². The first-order chi connectivity index (χ1) is 9.95. The van der Waals surface area contributed by atoms with Gasteiger partial charge in [0.15, 0.2) is 9.84 Å². The number of nitrogens with one attached hydrogen (secondary N) is 2. The predicted octanol–water partition coefficient (Wildman–Crippen LogP) is -0.210. The molecule has 1 amide bonds. The van der Waals surface area contributed by atoms with Crippen molar-refractivity contribution in [1.29, 1.82) is 0 Å². The van der Waals surface area contributed by atoms with Gasteiger partial charge in [-0.25, -0.2) is 8.42 Å². The molecule has 0 radical (unpaired) electrons. The second-order valence-electron chi connectivity index (χ2n) is 5.10. The molecule has 0 spiro atoms. The van der Waals surface area contributed by atoms with Crippen molar-refractivity contribution in [3.05, 3.63) is 29.8 Å². The molecular formula is C14H20N2O4S. The molecule has 6 nitrogen and oxygen atoms in total. The van der Waals surface area contributed by atoms with Gasteiger partial charge in [0.05, 0.1) is 22.3 Å². The fourth-order valence-electron chi connectivity index (χ4n) is 2.33. The van der Waals surface area contributed by atoms with Crippen LogP contribution in [0.15, 0.2) is 29.2 Å². The largest absolute Gasteiger partial charge is 0.391 e. The SMILES string of the molecule is CCS(=O)(=O)c1ccccc1C(=O)NCC1CNCC1O. The van der Waals surface area contributed by atoms with Gasteiger partial charge in [-0.2, -0.15) is 0 Å². The highest BCUT2D eigenvalue weighted by Gasteiger charge is 2.26. The number of aliphatic hydroxyl groups excluding tert-OH is 1. The highest BCUT2D eigenvalue weighted by molar-refractivity contribution is 7.91. The quantitative estimate of drug-likeness (QED) is 0.699. The van der Waals surface area contributed by atoms with Gasteiger partial charge in [-0.3, -0.25) is 4.79 Å². The van der Waals surface area contributed by atoms with Crippen molar-refractivity contribution in [3.8, 4) is 0 Å². The van der Waals surface area contributed by atoms with Gasteiger partial charge in [-0.1, -0.05) is 19.1 Å². The lowest BCUT2D eigenvalue weighted by atomic mass is 10.1. The third-order valence-corrected chi connectivity index (χ3v) is 5.46. The van der Waals surface area contributed by atoms with Crippen LogP contribution < -0.4 is 10.6 Å². The van der Waals surface area contributed by atoms with E-state index in [0.29, 0.717) is 19.6 Å². The van der Waals surface area contributed by atoms with E-state index in [2.05, 4.69) is 10.6 Å². The zero-order valence-corrected chi connectivity index (χ0v) is 12.7.